The molecule has 0 aliphatic heterocycles. The number of rotatable bonds is 6. The highest BCUT2D eigenvalue weighted by Crippen LogP contribution is 2.30. The smallest absolute Gasteiger partial charge is 0.345 e. The Hall–Kier alpha value is -3.59. The number of aliphatic carboxylic acids is 1. The van der Waals surface area contributed by atoms with E-state index in [2.05, 4.69) is 24.3 Å². The van der Waals surface area contributed by atoms with Crippen LogP contribution in [-0.4, -0.2) is 17.2 Å². The molecule has 0 amide bonds. The summed E-state index contributed by atoms with van der Waals surface area (Å²) < 4.78 is 5.76. The predicted molar refractivity (Wildman–Crippen MR) is 112 cm³/mol. The van der Waals surface area contributed by atoms with Gasteiger partial charge in [0.25, 0.3) is 0 Å². The van der Waals surface area contributed by atoms with Crippen LogP contribution < -0.4 is 4.74 Å². The van der Waals surface area contributed by atoms with Gasteiger partial charge in [0, 0.05) is 6.42 Å². The van der Waals surface area contributed by atoms with Gasteiger partial charge in [0.15, 0.2) is 6.10 Å². The lowest BCUT2D eigenvalue weighted by atomic mass is 9.98. The standard InChI is InChI=1S/C25H20O3/c26-25(27)24(17-18-7-2-1-3-8-18)28-21-15-13-20(14-16-21)23-12-6-10-19-9-4-5-11-22(19)23/h1-16,24H,17H2,(H,26,27)/t24-/m1/s1. The lowest BCUT2D eigenvalue weighted by molar-refractivity contribution is -0.145. The Kier molecular flexibility index (Phi) is 5.07. The Morgan fingerprint density at radius 3 is 2.21 bits per heavy atom. The fourth-order valence-corrected chi connectivity index (χ4v) is 3.36. The van der Waals surface area contributed by atoms with Gasteiger partial charge >= 0.3 is 5.97 Å². The average Bonchev–Trinajstić information content (AvgIpc) is 2.74. The Labute approximate surface area is 163 Å². The maximum atomic E-state index is 11.6. The van der Waals surface area contributed by atoms with Crippen LogP contribution >= 0.6 is 0 Å². The second-order valence-corrected chi connectivity index (χ2v) is 6.69. The lowest BCUT2D eigenvalue weighted by Gasteiger charge is -2.16. The molecule has 138 valence electrons. The second kappa shape index (κ2) is 7.97. The van der Waals surface area contributed by atoms with Crippen LogP contribution in [-0.2, 0) is 11.2 Å². The van der Waals surface area contributed by atoms with Gasteiger partial charge in [-0.2, -0.15) is 0 Å². The number of carbonyl (C=O) groups is 1. The van der Waals surface area contributed by atoms with Gasteiger partial charge in [-0.3, -0.25) is 0 Å². The minimum absolute atomic E-state index is 0.321. The molecule has 0 fully saturated rings. The third-order valence-corrected chi connectivity index (χ3v) is 4.77. The van der Waals surface area contributed by atoms with Crippen LogP contribution in [0.15, 0.2) is 97.1 Å². The average molecular weight is 368 g/mol. The molecule has 4 aromatic rings. The molecular formula is C25H20O3. The second-order valence-electron chi connectivity index (χ2n) is 6.69. The predicted octanol–water partition coefficient (Wildman–Crippen LogP) is 5.58. The van der Waals surface area contributed by atoms with E-state index in [0.29, 0.717) is 12.2 Å². The van der Waals surface area contributed by atoms with Crippen LogP contribution in [0.25, 0.3) is 21.9 Å². The van der Waals surface area contributed by atoms with Crippen molar-refractivity contribution in [2.75, 3.05) is 0 Å². The van der Waals surface area contributed by atoms with Gasteiger partial charge in [-0.15, -0.1) is 0 Å². The van der Waals surface area contributed by atoms with Gasteiger partial charge in [-0.1, -0.05) is 84.9 Å². The molecule has 0 bridgehead atoms. The van der Waals surface area contributed by atoms with Crippen LogP contribution in [0.3, 0.4) is 0 Å². The highest BCUT2D eigenvalue weighted by atomic mass is 16.5. The maximum absolute atomic E-state index is 11.6. The van der Waals surface area contributed by atoms with E-state index in [0.717, 1.165) is 16.7 Å². The summed E-state index contributed by atoms with van der Waals surface area (Å²) >= 11 is 0. The molecule has 0 unspecified atom stereocenters. The highest BCUT2D eigenvalue weighted by molar-refractivity contribution is 5.96. The summed E-state index contributed by atoms with van der Waals surface area (Å²) in [6.07, 6.45) is -0.604. The van der Waals surface area contributed by atoms with E-state index in [1.165, 1.54) is 10.8 Å². The Morgan fingerprint density at radius 1 is 0.786 bits per heavy atom. The van der Waals surface area contributed by atoms with Gasteiger partial charge in [0.05, 0.1) is 0 Å². The third-order valence-electron chi connectivity index (χ3n) is 4.77. The molecule has 1 N–H and O–H groups in total. The molecule has 3 heteroatoms. The van der Waals surface area contributed by atoms with E-state index in [9.17, 15) is 9.90 Å². The summed E-state index contributed by atoms with van der Waals surface area (Å²) in [5.74, 6) is -0.422. The van der Waals surface area contributed by atoms with Gasteiger partial charge in [0.1, 0.15) is 5.75 Å². The van der Waals surface area contributed by atoms with Gasteiger partial charge in [-0.05, 0) is 39.6 Å². The molecule has 1 atom stereocenters. The van der Waals surface area contributed by atoms with E-state index >= 15 is 0 Å². The number of ether oxygens (including phenoxy) is 1. The third kappa shape index (κ3) is 3.89. The normalized spacial score (nSPS) is 11.9. The molecular weight excluding hydrogens is 348 g/mol. The van der Waals surface area contributed by atoms with Crippen LogP contribution in [0, 0.1) is 0 Å². The molecule has 0 saturated carbocycles. The van der Waals surface area contributed by atoms with Crippen molar-refractivity contribution in [3.8, 4) is 16.9 Å². The minimum atomic E-state index is -0.970. The largest absolute Gasteiger partial charge is 0.478 e. The van der Waals surface area contributed by atoms with Gasteiger partial charge < -0.3 is 9.84 Å². The first-order chi connectivity index (χ1) is 13.7. The van der Waals surface area contributed by atoms with E-state index < -0.39 is 12.1 Å². The molecule has 3 nitrogen and oxygen atoms in total. The lowest BCUT2D eigenvalue weighted by Crippen LogP contribution is -2.29. The molecule has 4 aromatic carbocycles. The SMILES string of the molecule is O=C(O)[C@@H](Cc1ccccc1)Oc1ccc(-c2cccc3ccccc23)cc1. The molecule has 0 aliphatic rings. The summed E-state index contributed by atoms with van der Waals surface area (Å²) in [6.45, 7) is 0. The topological polar surface area (TPSA) is 46.5 Å². The van der Waals surface area contributed by atoms with Gasteiger partial charge in [0.2, 0.25) is 0 Å². The van der Waals surface area contributed by atoms with Gasteiger partial charge in [-0.25, -0.2) is 4.79 Å². The van der Waals surface area contributed by atoms with Crippen molar-refractivity contribution in [3.05, 3.63) is 103 Å². The molecule has 0 spiro atoms. The molecule has 28 heavy (non-hydrogen) atoms. The first-order valence-electron chi connectivity index (χ1n) is 9.22. The van der Waals surface area contributed by atoms with Crippen molar-refractivity contribution in [3.63, 3.8) is 0 Å². The summed E-state index contributed by atoms with van der Waals surface area (Å²) in [6, 6.07) is 31.6. The number of hydrogen-bond acceptors (Lipinski definition) is 2. The van der Waals surface area contributed by atoms with Crippen molar-refractivity contribution >= 4 is 16.7 Å². The summed E-state index contributed by atoms with van der Waals surface area (Å²) in [4.78, 5) is 11.6. The molecule has 0 radical (unpaired) electrons. The molecule has 0 saturated heterocycles. The summed E-state index contributed by atoms with van der Waals surface area (Å²) in [7, 11) is 0. The number of hydrogen-bond donors (Lipinski definition) is 1. The number of carboxylic acid groups (broad SMARTS) is 1. The fourth-order valence-electron chi connectivity index (χ4n) is 3.36. The van der Waals surface area contributed by atoms with E-state index in [4.69, 9.17) is 4.74 Å². The fraction of sp³-hybridized carbons (Fsp3) is 0.0800. The molecule has 0 aromatic heterocycles. The van der Waals surface area contributed by atoms with E-state index in [-0.39, 0.29) is 0 Å². The highest BCUT2D eigenvalue weighted by Gasteiger charge is 2.20. The van der Waals surface area contributed by atoms with Crippen LogP contribution in [0.4, 0.5) is 0 Å². The number of carboxylic acids is 1. The first kappa shape index (κ1) is 17.8. The van der Waals surface area contributed by atoms with Crippen LogP contribution in [0.5, 0.6) is 5.75 Å². The van der Waals surface area contributed by atoms with E-state index in [1.807, 2.05) is 72.8 Å². The van der Waals surface area contributed by atoms with Crippen molar-refractivity contribution < 1.29 is 14.6 Å². The first-order valence-corrected chi connectivity index (χ1v) is 9.22. The molecule has 0 aliphatic carbocycles. The number of fused-ring (bicyclic) bond motifs is 1. The van der Waals surface area contributed by atoms with Crippen molar-refractivity contribution in [1.29, 1.82) is 0 Å². The minimum Gasteiger partial charge on any atom is -0.478 e. The van der Waals surface area contributed by atoms with Crippen molar-refractivity contribution in [1.82, 2.24) is 0 Å². The van der Waals surface area contributed by atoms with Crippen LogP contribution in [0.2, 0.25) is 0 Å². The summed E-state index contributed by atoms with van der Waals surface area (Å²) in [5.41, 5.74) is 3.14. The van der Waals surface area contributed by atoms with Crippen LogP contribution in [0.1, 0.15) is 5.56 Å². The monoisotopic (exact) mass is 368 g/mol. The zero-order chi connectivity index (χ0) is 19.3. The Balaban J connectivity index is 1.56. The Bertz CT molecular complexity index is 1080. The Morgan fingerprint density at radius 2 is 1.46 bits per heavy atom. The molecule has 0 heterocycles. The maximum Gasteiger partial charge on any atom is 0.345 e. The van der Waals surface area contributed by atoms with E-state index in [1.54, 1.807) is 0 Å². The zero-order valence-corrected chi connectivity index (χ0v) is 15.3. The van der Waals surface area contributed by atoms with Crippen molar-refractivity contribution in [2.24, 2.45) is 0 Å². The quantitative estimate of drug-likeness (QED) is 0.483. The zero-order valence-electron chi connectivity index (χ0n) is 15.3. The van der Waals surface area contributed by atoms with Crippen molar-refractivity contribution in [2.45, 2.75) is 12.5 Å². The number of benzene rings is 4. The molecule has 4 rings (SSSR count). The summed E-state index contributed by atoms with van der Waals surface area (Å²) in [5, 5.41) is 11.9.